The fourth-order valence-corrected chi connectivity index (χ4v) is 2.40. The van der Waals surface area contributed by atoms with Crippen LogP contribution in [-0.2, 0) is 11.2 Å². The molecular formula is C15H20ClN3O2. The molecule has 1 aliphatic heterocycles. The van der Waals surface area contributed by atoms with Crippen molar-refractivity contribution in [2.75, 3.05) is 25.0 Å². The average molecular weight is 310 g/mol. The number of nitrogens with one attached hydrogen (secondary N) is 3. The summed E-state index contributed by atoms with van der Waals surface area (Å²) in [6.07, 6.45) is 2.97. The monoisotopic (exact) mass is 309 g/mol. The molecule has 1 aromatic rings. The third-order valence-corrected chi connectivity index (χ3v) is 3.74. The van der Waals surface area contributed by atoms with Crippen LogP contribution in [-0.4, -0.2) is 31.4 Å². The Morgan fingerprint density at radius 1 is 1.19 bits per heavy atom. The number of benzene rings is 1. The molecule has 0 saturated heterocycles. The molecule has 1 aromatic carbocycles. The van der Waals surface area contributed by atoms with Crippen molar-refractivity contribution < 1.29 is 9.59 Å². The Morgan fingerprint density at radius 2 is 1.95 bits per heavy atom. The van der Waals surface area contributed by atoms with E-state index in [1.165, 1.54) is 5.56 Å². The van der Waals surface area contributed by atoms with Gasteiger partial charge >= 0.3 is 0 Å². The van der Waals surface area contributed by atoms with Gasteiger partial charge in [0.05, 0.1) is 0 Å². The summed E-state index contributed by atoms with van der Waals surface area (Å²) in [5.41, 5.74) is 3.00. The second-order valence-electron chi connectivity index (χ2n) is 5.37. The molecule has 21 heavy (non-hydrogen) atoms. The molecule has 0 aromatic heterocycles. The topological polar surface area (TPSA) is 70.2 Å². The van der Waals surface area contributed by atoms with Crippen LogP contribution in [0.5, 0.6) is 0 Å². The maximum Gasteiger partial charge on any atom is 0.251 e. The molecule has 114 valence electrons. The lowest BCUT2D eigenvalue weighted by molar-refractivity contribution is -0.122. The Morgan fingerprint density at radius 3 is 2.71 bits per heavy atom. The van der Waals surface area contributed by atoms with Crippen LogP contribution in [0.3, 0.4) is 0 Å². The number of carbonyl (C=O) groups is 2. The molecular weight excluding hydrogens is 290 g/mol. The molecule has 0 radical (unpaired) electrons. The summed E-state index contributed by atoms with van der Waals surface area (Å²) in [4.78, 5) is 23.4. The second-order valence-corrected chi connectivity index (χ2v) is 5.37. The van der Waals surface area contributed by atoms with Gasteiger partial charge in [0.25, 0.3) is 5.91 Å². The smallest absolute Gasteiger partial charge is 0.251 e. The lowest BCUT2D eigenvalue weighted by Crippen LogP contribution is -2.35. The Balaban J connectivity index is 0.00000161. The molecule has 3 rings (SSSR count). The van der Waals surface area contributed by atoms with Crippen LogP contribution in [0, 0.1) is 5.92 Å². The van der Waals surface area contributed by atoms with Crippen LogP contribution in [0.1, 0.15) is 28.8 Å². The molecule has 0 unspecified atom stereocenters. The first kappa shape index (κ1) is 15.6. The maximum absolute atomic E-state index is 12.0. The van der Waals surface area contributed by atoms with E-state index in [0.717, 1.165) is 31.5 Å². The van der Waals surface area contributed by atoms with E-state index in [9.17, 15) is 9.59 Å². The van der Waals surface area contributed by atoms with Gasteiger partial charge in [-0.3, -0.25) is 9.59 Å². The van der Waals surface area contributed by atoms with Crippen molar-refractivity contribution in [1.29, 1.82) is 0 Å². The van der Waals surface area contributed by atoms with Crippen molar-refractivity contribution in [2.24, 2.45) is 5.92 Å². The molecule has 0 bridgehead atoms. The molecule has 2 amide bonds. The van der Waals surface area contributed by atoms with Crippen molar-refractivity contribution in [2.45, 2.75) is 19.3 Å². The van der Waals surface area contributed by atoms with Gasteiger partial charge in [-0.05, 0) is 43.0 Å². The quantitative estimate of drug-likeness (QED) is 0.719. The lowest BCUT2D eigenvalue weighted by atomic mass is 10.1. The van der Waals surface area contributed by atoms with Crippen molar-refractivity contribution in [3.05, 3.63) is 29.3 Å². The summed E-state index contributed by atoms with van der Waals surface area (Å²) in [5, 5.41) is 8.93. The van der Waals surface area contributed by atoms with Crippen molar-refractivity contribution in [3.63, 3.8) is 0 Å². The minimum absolute atomic E-state index is 0. The maximum atomic E-state index is 12.0. The van der Waals surface area contributed by atoms with Gasteiger partial charge in [0.2, 0.25) is 5.91 Å². The minimum atomic E-state index is -0.0830. The summed E-state index contributed by atoms with van der Waals surface area (Å²) >= 11 is 0. The molecule has 5 nitrogen and oxygen atoms in total. The average Bonchev–Trinajstić information content (AvgIpc) is 3.20. The molecule has 2 aliphatic rings. The largest absolute Gasteiger partial charge is 0.384 e. The summed E-state index contributed by atoms with van der Waals surface area (Å²) < 4.78 is 0. The summed E-state index contributed by atoms with van der Waals surface area (Å²) in [6.45, 7) is 1.90. The number of rotatable bonds is 5. The van der Waals surface area contributed by atoms with E-state index in [-0.39, 0.29) is 30.1 Å². The van der Waals surface area contributed by atoms with E-state index in [2.05, 4.69) is 16.0 Å². The van der Waals surface area contributed by atoms with Crippen LogP contribution in [0.2, 0.25) is 0 Å². The van der Waals surface area contributed by atoms with Crippen molar-refractivity contribution in [1.82, 2.24) is 10.6 Å². The molecule has 1 fully saturated rings. The van der Waals surface area contributed by atoms with Gasteiger partial charge in [-0.2, -0.15) is 0 Å². The molecule has 1 aliphatic carbocycles. The summed E-state index contributed by atoms with van der Waals surface area (Å²) in [6, 6.07) is 5.72. The Bertz CT molecular complexity index is 544. The van der Waals surface area contributed by atoms with Crippen molar-refractivity contribution in [3.8, 4) is 0 Å². The number of amides is 2. The highest BCUT2D eigenvalue weighted by molar-refractivity contribution is 5.95. The number of fused-ring (bicyclic) bond motifs is 1. The summed E-state index contributed by atoms with van der Waals surface area (Å²) in [7, 11) is 0. The standard InChI is InChI=1S/C15H19N3O2.ClH/c19-14(10-1-2-10)17-7-8-18-15(20)12-3-4-13-11(9-12)5-6-16-13;/h3-4,9-10,16H,1-2,5-8H2,(H,17,19)(H,18,20);1H. The highest BCUT2D eigenvalue weighted by atomic mass is 35.5. The Kier molecular flexibility index (Phi) is 5.07. The first-order chi connectivity index (χ1) is 9.74. The SMILES string of the molecule is Cl.O=C(NCCNC(=O)C1CC1)c1ccc2c(c1)CCN2. The zero-order valence-electron chi connectivity index (χ0n) is 11.8. The number of hydrogen-bond acceptors (Lipinski definition) is 3. The third-order valence-electron chi connectivity index (χ3n) is 3.74. The fraction of sp³-hybridized carbons (Fsp3) is 0.467. The van der Waals surface area contributed by atoms with Crippen LogP contribution in [0.25, 0.3) is 0 Å². The van der Waals surface area contributed by atoms with Crippen LogP contribution >= 0.6 is 12.4 Å². The van der Waals surface area contributed by atoms with E-state index >= 15 is 0 Å². The molecule has 0 atom stereocenters. The van der Waals surface area contributed by atoms with E-state index < -0.39 is 0 Å². The number of carbonyl (C=O) groups excluding carboxylic acids is 2. The van der Waals surface area contributed by atoms with E-state index in [1.807, 2.05) is 18.2 Å². The van der Waals surface area contributed by atoms with Gasteiger partial charge in [0.15, 0.2) is 0 Å². The van der Waals surface area contributed by atoms with Gasteiger partial charge < -0.3 is 16.0 Å². The second kappa shape index (κ2) is 6.80. The molecule has 1 saturated carbocycles. The normalized spacial score (nSPS) is 15.4. The zero-order chi connectivity index (χ0) is 13.9. The van der Waals surface area contributed by atoms with Gasteiger partial charge in [-0.25, -0.2) is 0 Å². The Hall–Kier alpha value is -1.75. The highest BCUT2D eigenvalue weighted by Crippen LogP contribution is 2.28. The van der Waals surface area contributed by atoms with Gasteiger partial charge in [-0.1, -0.05) is 0 Å². The fourth-order valence-electron chi connectivity index (χ4n) is 2.40. The van der Waals surface area contributed by atoms with Crippen LogP contribution in [0.15, 0.2) is 18.2 Å². The first-order valence-corrected chi connectivity index (χ1v) is 7.17. The first-order valence-electron chi connectivity index (χ1n) is 7.17. The van der Waals surface area contributed by atoms with E-state index in [4.69, 9.17) is 0 Å². The molecule has 0 spiro atoms. The number of anilines is 1. The minimum Gasteiger partial charge on any atom is -0.384 e. The summed E-state index contributed by atoms with van der Waals surface area (Å²) in [5.74, 6) is 0.248. The third kappa shape index (κ3) is 3.88. The van der Waals surface area contributed by atoms with Gasteiger partial charge in [-0.15, -0.1) is 12.4 Å². The molecule has 3 N–H and O–H groups in total. The highest BCUT2D eigenvalue weighted by Gasteiger charge is 2.29. The molecule has 1 heterocycles. The van der Waals surface area contributed by atoms with Gasteiger partial charge in [0, 0.05) is 36.8 Å². The van der Waals surface area contributed by atoms with Crippen molar-refractivity contribution >= 4 is 29.9 Å². The van der Waals surface area contributed by atoms with Crippen LogP contribution in [0.4, 0.5) is 5.69 Å². The Labute approximate surface area is 130 Å². The zero-order valence-corrected chi connectivity index (χ0v) is 12.6. The predicted molar refractivity (Wildman–Crippen MR) is 84.0 cm³/mol. The molecule has 6 heteroatoms. The van der Waals surface area contributed by atoms with E-state index in [1.54, 1.807) is 0 Å². The number of hydrogen-bond donors (Lipinski definition) is 3. The number of halogens is 1. The van der Waals surface area contributed by atoms with Gasteiger partial charge in [0.1, 0.15) is 0 Å². The van der Waals surface area contributed by atoms with Crippen LogP contribution < -0.4 is 16.0 Å². The lowest BCUT2D eigenvalue weighted by Gasteiger charge is -2.08. The predicted octanol–water partition coefficient (Wildman–Crippen LogP) is 1.33. The van der Waals surface area contributed by atoms with E-state index in [0.29, 0.717) is 18.7 Å².